The van der Waals surface area contributed by atoms with E-state index in [2.05, 4.69) is 17.9 Å². The highest BCUT2D eigenvalue weighted by Crippen LogP contribution is 2.07. The Labute approximate surface area is 42.8 Å². The monoisotopic (exact) mass is 101 g/mol. The van der Waals surface area contributed by atoms with Gasteiger partial charge in [-0.25, -0.2) is 0 Å². The van der Waals surface area contributed by atoms with Crippen LogP contribution in [0.15, 0.2) is 11.1 Å². The molecule has 1 nitrogen and oxygen atoms in total. The first-order chi connectivity index (χ1) is 2.89. The first-order valence-corrected chi connectivity index (χ1v) is 2.46. The second-order valence-electron chi connectivity index (χ2n) is 1.34. The van der Waals surface area contributed by atoms with Crippen LogP contribution >= 0.6 is 12.6 Å². The van der Waals surface area contributed by atoms with Crippen molar-refractivity contribution >= 4 is 12.6 Å². The number of thiol groups is 1. The summed E-state index contributed by atoms with van der Waals surface area (Å²) in [4.78, 5) is 1.16. The van der Waals surface area contributed by atoms with Crippen molar-refractivity contribution in [3.63, 3.8) is 0 Å². The van der Waals surface area contributed by atoms with E-state index < -0.39 is 0 Å². The summed E-state index contributed by atoms with van der Waals surface area (Å²) in [5.74, 6) is 0. The zero-order valence-electron chi connectivity index (χ0n) is 3.44. The van der Waals surface area contributed by atoms with Crippen LogP contribution in [0.25, 0.3) is 0 Å². The van der Waals surface area contributed by atoms with E-state index in [0.29, 0.717) is 0 Å². The van der Waals surface area contributed by atoms with Gasteiger partial charge in [0, 0.05) is 12.7 Å². The topological polar surface area (TPSA) is 12.0 Å². The van der Waals surface area contributed by atoms with Gasteiger partial charge in [0.1, 0.15) is 0 Å². The second-order valence-corrected chi connectivity index (χ2v) is 1.91. The van der Waals surface area contributed by atoms with E-state index in [1.54, 1.807) is 0 Å². The predicted octanol–water partition coefficient (Wildman–Crippen LogP) is 0.751. The van der Waals surface area contributed by atoms with Crippen LogP contribution in [0, 0.1) is 0 Å². The molecule has 0 saturated carbocycles. The summed E-state index contributed by atoms with van der Waals surface area (Å²) in [6.45, 7) is 1.07. The highest BCUT2D eigenvalue weighted by molar-refractivity contribution is 7.84. The Bertz CT molecular complexity index is 77.6. The minimum Gasteiger partial charge on any atom is -0.390 e. The van der Waals surface area contributed by atoms with Crippen LogP contribution < -0.4 is 5.32 Å². The van der Waals surface area contributed by atoms with Crippen molar-refractivity contribution in [2.75, 3.05) is 6.54 Å². The van der Waals surface area contributed by atoms with Gasteiger partial charge in [-0.2, -0.15) is 0 Å². The molecule has 0 amide bonds. The van der Waals surface area contributed by atoms with Gasteiger partial charge in [-0.15, -0.1) is 12.6 Å². The van der Waals surface area contributed by atoms with Crippen molar-refractivity contribution in [3.05, 3.63) is 11.1 Å². The third-order valence-corrected chi connectivity index (χ3v) is 1.15. The maximum atomic E-state index is 4.09. The van der Waals surface area contributed by atoms with Crippen molar-refractivity contribution in [1.29, 1.82) is 0 Å². The van der Waals surface area contributed by atoms with Crippen LogP contribution in [0.4, 0.5) is 0 Å². The summed E-state index contributed by atoms with van der Waals surface area (Å²) in [6.07, 6.45) is 3.03. The lowest BCUT2D eigenvalue weighted by Crippen LogP contribution is -1.96. The SMILES string of the molecule is SC1=CNCC1. The Balaban J connectivity index is 2.45. The van der Waals surface area contributed by atoms with E-state index in [0.717, 1.165) is 17.9 Å². The molecule has 0 unspecified atom stereocenters. The van der Waals surface area contributed by atoms with Crippen LogP contribution in [-0.4, -0.2) is 6.54 Å². The van der Waals surface area contributed by atoms with Crippen molar-refractivity contribution < 1.29 is 0 Å². The van der Waals surface area contributed by atoms with Crippen LogP contribution in [0.3, 0.4) is 0 Å². The van der Waals surface area contributed by atoms with Gasteiger partial charge < -0.3 is 5.32 Å². The predicted molar refractivity (Wildman–Crippen MR) is 29.7 cm³/mol. The molecule has 0 aromatic rings. The molecule has 1 aliphatic rings. The van der Waals surface area contributed by atoms with E-state index in [9.17, 15) is 0 Å². The van der Waals surface area contributed by atoms with Crippen molar-refractivity contribution in [2.24, 2.45) is 0 Å². The molecule has 0 radical (unpaired) electrons. The molecule has 0 bridgehead atoms. The van der Waals surface area contributed by atoms with Gasteiger partial charge in [0.15, 0.2) is 0 Å². The standard InChI is InChI=1S/C4H7NS/c6-4-1-2-5-3-4/h3,5-6H,1-2H2. The normalized spacial score (nSPS) is 19.8. The van der Waals surface area contributed by atoms with Gasteiger partial charge >= 0.3 is 0 Å². The lowest BCUT2D eigenvalue weighted by molar-refractivity contribution is 0.915. The fourth-order valence-corrected chi connectivity index (χ4v) is 0.665. The summed E-state index contributed by atoms with van der Waals surface area (Å²) in [5.41, 5.74) is 0. The molecule has 2 heteroatoms. The number of rotatable bonds is 0. The largest absolute Gasteiger partial charge is 0.390 e. The molecule has 0 saturated heterocycles. The Morgan fingerprint density at radius 1 is 1.83 bits per heavy atom. The molecule has 0 aromatic carbocycles. The molecule has 0 atom stereocenters. The maximum absolute atomic E-state index is 4.09. The van der Waals surface area contributed by atoms with E-state index in [1.807, 2.05) is 6.20 Å². The fraction of sp³-hybridized carbons (Fsp3) is 0.500. The Morgan fingerprint density at radius 3 is 2.83 bits per heavy atom. The minimum absolute atomic E-state index is 1.07. The zero-order valence-corrected chi connectivity index (χ0v) is 4.33. The van der Waals surface area contributed by atoms with E-state index in [-0.39, 0.29) is 0 Å². The summed E-state index contributed by atoms with van der Waals surface area (Å²) in [6, 6.07) is 0. The Morgan fingerprint density at radius 2 is 2.67 bits per heavy atom. The maximum Gasteiger partial charge on any atom is 0.0187 e. The fourth-order valence-electron chi connectivity index (χ4n) is 0.462. The third kappa shape index (κ3) is 0.684. The quantitative estimate of drug-likeness (QED) is 0.429. The molecule has 0 fully saturated rings. The summed E-state index contributed by atoms with van der Waals surface area (Å²) in [5, 5.41) is 3.03. The van der Waals surface area contributed by atoms with E-state index in [4.69, 9.17) is 0 Å². The van der Waals surface area contributed by atoms with Gasteiger partial charge in [-0.3, -0.25) is 0 Å². The molecule has 1 N–H and O–H groups in total. The molecule has 0 aromatic heterocycles. The molecule has 34 valence electrons. The molecule has 6 heavy (non-hydrogen) atoms. The Kier molecular flexibility index (Phi) is 1.05. The van der Waals surface area contributed by atoms with E-state index in [1.165, 1.54) is 0 Å². The van der Waals surface area contributed by atoms with Gasteiger partial charge in [0.05, 0.1) is 0 Å². The summed E-state index contributed by atoms with van der Waals surface area (Å²) in [7, 11) is 0. The van der Waals surface area contributed by atoms with Crippen molar-refractivity contribution in [1.82, 2.24) is 5.32 Å². The molecule has 1 rings (SSSR count). The smallest absolute Gasteiger partial charge is 0.0187 e. The van der Waals surface area contributed by atoms with E-state index >= 15 is 0 Å². The molecule has 0 spiro atoms. The van der Waals surface area contributed by atoms with Crippen LogP contribution in [0.1, 0.15) is 6.42 Å². The Hall–Kier alpha value is -0.110. The molecule has 0 aliphatic carbocycles. The lowest BCUT2D eigenvalue weighted by atomic mass is 10.5. The number of nitrogens with one attached hydrogen (secondary N) is 1. The summed E-state index contributed by atoms with van der Waals surface area (Å²) < 4.78 is 0. The van der Waals surface area contributed by atoms with Gasteiger partial charge in [-0.05, 0) is 11.3 Å². The zero-order chi connectivity index (χ0) is 4.41. The van der Waals surface area contributed by atoms with Gasteiger partial charge in [-0.1, -0.05) is 0 Å². The lowest BCUT2D eigenvalue weighted by Gasteiger charge is -1.79. The highest BCUT2D eigenvalue weighted by atomic mass is 32.1. The molecular formula is C4H7NS. The molecule has 1 aliphatic heterocycles. The van der Waals surface area contributed by atoms with Gasteiger partial charge in [0.2, 0.25) is 0 Å². The molecule has 1 heterocycles. The van der Waals surface area contributed by atoms with Gasteiger partial charge in [0.25, 0.3) is 0 Å². The first-order valence-electron chi connectivity index (χ1n) is 2.01. The average Bonchev–Trinajstić information content (AvgIpc) is 1.86. The summed E-state index contributed by atoms with van der Waals surface area (Å²) >= 11 is 4.09. The number of hydrogen-bond acceptors (Lipinski definition) is 2. The highest BCUT2D eigenvalue weighted by Gasteiger charge is 1.94. The minimum atomic E-state index is 1.07. The first kappa shape index (κ1) is 4.06. The van der Waals surface area contributed by atoms with Crippen molar-refractivity contribution in [2.45, 2.75) is 6.42 Å². The third-order valence-electron chi connectivity index (χ3n) is 0.794. The molecular weight excluding hydrogens is 94.1 g/mol. The van der Waals surface area contributed by atoms with Crippen LogP contribution in [-0.2, 0) is 0 Å². The average molecular weight is 101 g/mol. The number of hydrogen-bond donors (Lipinski definition) is 2. The van der Waals surface area contributed by atoms with Crippen LogP contribution in [0.2, 0.25) is 0 Å². The van der Waals surface area contributed by atoms with Crippen molar-refractivity contribution in [3.8, 4) is 0 Å². The second kappa shape index (κ2) is 1.56. The van der Waals surface area contributed by atoms with Crippen LogP contribution in [0.5, 0.6) is 0 Å².